The summed E-state index contributed by atoms with van der Waals surface area (Å²) in [6, 6.07) is 33.9. The predicted octanol–water partition coefficient (Wildman–Crippen LogP) is 3.25. The number of halogens is 1. The fourth-order valence-electron chi connectivity index (χ4n) is 4.31. The zero-order valence-corrected chi connectivity index (χ0v) is 26.3. The molecule has 0 unspecified atom stereocenters. The van der Waals surface area contributed by atoms with Gasteiger partial charge >= 0.3 is 0 Å². The largest absolute Gasteiger partial charge is 1.00 e. The molecule has 0 radical (unpaired) electrons. The molecule has 4 aromatic rings. The van der Waals surface area contributed by atoms with E-state index in [1.165, 1.54) is 5.56 Å². The quantitative estimate of drug-likeness (QED) is 0.159. The Morgan fingerprint density at radius 1 is 0.725 bits per heavy atom. The smallest absolute Gasteiger partial charge is 0.241 e. The van der Waals surface area contributed by atoms with E-state index in [-0.39, 0.29) is 49.0 Å². The monoisotopic (exact) mass is 669 g/mol. The van der Waals surface area contributed by atoms with Gasteiger partial charge in [-0.05, 0) is 42.7 Å². The Bertz CT molecular complexity index is 1380. The first kappa shape index (κ1) is 35.6. The van der Waals surface area contributed by atoms with Gasteiger partial charge in [0, 0.05) is 26.0 Å². The molecule has 6 N–H and O–H groups in total. The third-order valence-electron chi connectivity index (χ3n) is 6.23. The van der Waals surface area contributed by atoms with Gasteiger partial charge in [0.25, 0.3) is 0 Å². The minimum atomic E-state index is -3.77. The summed E-state index contributed by atoms with van der Waals surface area (Å²) in [5, 5.41) is 3.56. The maximum Gasteiger partial charge on any atom is 0.241 e. The molecule has 0 bridgehead atoms. The Kier molecular flexibility index (Phi) is 15.5. The summed E-state index contributed by atoms with van der Waals surface area (Å²) in [5.41, 5.74) is 5.21. The van der Waals surface area contributed by atoms with Gasteiger partial charge in [-0.2, -0.15) is 0 Å². The Balaban J connectivity index is 0.00000267. The first-order valence-electron chi connectivity index (χ1n) is 12.5. The van der Waals surface area contributed by atoms with Crippen LogP contribution in [0, 0.1) is 13.8 Å². The zero-order valence-electron chi connectivity index (χ0n) is 23.0. The van der Waals surface area contributed by atoms with Crippen molar-refractivity contribution in [1.82, 2.24) is 16.2 Å². The van der Waals surface area contributed by atoms with Gasteiger partial charge in [-0.3, -0.25) is 0 Å². The Morgan fingerprint density at radius 3 is 1.88 bits per heavy atom. The maximum absolute atomic E-state index is 13.5. The van der Waals surface area contributed by atoms with Crippen LogP contribution in [0.1, 0.15) is 39.9 Å². The number of ether oxygens (including phenoxy) is 1. The van der Waals surface area contributed by atoms with Gasteiger partial charge < -0.3 is 28.6 Å². The van der Waals surface area contributed by atoms with Gasteiger partial charge in [0.2, 0.25) is 10.0 Å². The number of hydrogen-bond acceptors (Lipinski definition) is 4. The molecule has 2 atom stereocenters. The Hall–Kier alpha value is -2.42. The maximum atomic E-state index is 13.5. The molecule has 0 saturated carbocycles. The van der Waals surface area contributed by atoms with Crippen LogP contribution in [-0.2, 0) is 40.8 Å². The van der Waals surface area contributed by atoms with Crippen molar-refractivity contribution in [2.24, 2.45) is 0 Å². The summed E-state index contributed by atoms with van der Waals surface area (Å²) < 4.78 is 35.8. The first-order valence-corrected chi connectivity index (χ1v) is 14.0. The summed E-state index contributed by atoms with van der Waals surface area (Å²) in [6.07, 6.45) is 0. The molecule has 9 heteroatoms. The van der Waals surface area contributed by atoms with Crippen LogP contribution >= 0.6 is 0 Å². The fraction of sp³-hybridized carbons (Fsp3) is 0.226. The van der Waals surface area contributed by atoms with Crippen molar-refractivity contribution in [3.8, 4) is 0 Å². The molecule has 6 nitrogen and oxygen atoms in total. The number of quaternary nitrogens is 1. The number of nitrogens with one attached hydrogen (secondary N) is 2. The van der Waals surface area contributed by atoms with Crippen LogP contribution in [0.2, 0.25) is 0 Å². The summed E-state index contributed by atoms with van der Waals surface area (Å²) in [6.45, 7) is 5.58. The van der Waals surface area contributed by atoms with Crippen molar-refractivity contribution in [2.45, 2.75) is 37.4 Å². The first-order chi connectivity index (χ1) is 17.9. The zero-order chi connectivity index (χ0) is 26.1. The Morgan fingerprint density at radius 2 is 1.30 bits per heavy atom. The predicted molar refractivity (Wildman–Crippen MR) is 155 cm³/mol. The number of sulfonamides is 1. The molecular weight excluding hydrogens is 631 g/mol. The molecule has 0 amide bonds. The molecule has 0 aromatic heterocycles. The number of hydrogen-bond donors (Lipinski definition) is 3. The summed E-state index contributed by atoms with van der Waals surface area (Å²) in [5.74, 6) is 0. The van der Waals surface area contributed by atoms with Crippen LogP contribution in [-0.4, -0.2) is 21.6 Å². The van der Waals surface area contributed by atoms with Crippen LogP contribution < -0.4 is 28.6 Å². The minimum Gasteiger partial charge on any atom is -1.00 e. The van der Waals surface area contributed by atoms with E-state index < -0.39 is 16.1 Å². The third-order valence-corrected chi connectivity index (χ3v) is 7.68. The second-order valence-electron chi connectivity index (χ2n) is 9.21. The van der Waals surface area contributed by atoms with Crippen molar-refractivity contribution >= 4 is 10.0 Å². The van der Waals surface area contributed by atoms with Crippen molar-refractivity contribution in [1.29, 1.82) is 0 Å². The molecule has 216 valence electrons. The number of aryl methyl sites for hydroxylation is 2. The van der Waals surface area contributed by atoms with Crippen LogP contribution in [0.5, 0.6) is 0 Å². The van der Waals surface area contributed by atoms with Crippen molar-refractivity contribution in [3.05, 3.63) is 137 Å². The molecule has 0 heterocycles. The number of rotatable bonds is 12. The molecule has 0 aliphatic carbocycles. The molecule has 40 heavy (non-hydrogen) atoms. The van der Waals surface area contributed by atoms with Crippen LogP contribution in [0.15, 0.2) is 114 Å². The van der Waals surface area contributed by atoms with E-state index in [4.69, 9.17) is 4.74 Å². The van der Waals surface area contributed by atoms with E-state index in [0.717, 1.165) is 22.3 Å². The van der Waals surface area contributed by atoms with Gasteiger partial charge in [-0.1, -0.05) is 108 Å². The van der Waals surface area contributed by atoms with Gasteiger partial charge in [0.05, 0.1) is 30.2 Å². The summed E-state index contributed by atoms with van der Waals surface area (Å²) in [7, 11) is -3.77. The van der Waals surface area contributed by atoms with Crippen molar-refractivity contribution in [2.75, 3.05) is 13.2 Å². The van der Waals surface area contributed by atoms with E-state index in [1.807, 2.05) is 85.8 Å². The molecule has 0 fully saturated rings. The minimum absolute atomic E-state index is 0. The van der Waals surface area contributed by atoms with Crippen LogP contribution in [0.25, 0.3) is 0 Å². The van der Waals surface area contributed by atoms with E-state index in [9.17, 15) is 8.42 Å². The summed E-state index contributed by atoms with van der Waals surface area (Å²) in [4.78, 5) is 0.243. The van der Waals surface area contributed by atoms with Gasteiger partial charge in [0.1, 0.15) is 0 Å². The fourth-order valence-corrected chi connectivity index (χ4v) is 5.55. The van der Waals surface area contributed by atoms with Crippen molar-refractivity contribution < 1.29 is 45.0 Å². The van der Waals surface area contributed by atoms with Crippen LogP contribution in [0.3, 0.4) is 0 Å². The van der Waals surface area contributed by atoms with E-state index in [2.05, 4.69) is 35.2 Å². The normalized spacial score (nSPS) is 12.2. The second-order valence-corrected chi connectivity index (χ2v) is 10.9. The molecule has 0 aliphatic heterocycles. The third kappa shape index (κ3) is 10.2. The van der Waals surface area contributed by atoms with E-state index in [0.29, 0.717) is 19.8 Å². The molecule has 4 aromatic carbocycles. The van der Waals surface area contributed by atoms with Crippen LogP contribution in [0.4, 0.5) is 0 Å². The molecule has 0 spiro atoms. The Labute approximate surface area is 257 Å². The molecule has 0 saturated heterocycles. The average molecular weight is 669 g/mol. The van der Waals surface area contributed by atoms with Gasteiger partial charge in [-0.15, -0.1) is 0 Å². The molecule has 0 aliphatic rings. The average Bonchev–Trinajstić information content (AvgIpc) is 2.91. The second kappa shape index (κ2) is 17.4. The standard InChI is InChI=1S/C31H34N2O3S.ClH.H3N.Ru/c1-24-16-18-29(19-17-24)37(34,35)33-31(28-14-7-4-8-15-28)30(27-12-5-3-6-13-27)32-20-21-36-23-26-11-9-10-25(2)22-26;;;/h3-19,22,30-33H,20-21,23H2,1-2H3;1H;1H3;/t30-,31-;;;/m1.../s1. The van der Waals surface area contributed by atoms with Gasteiger partial charge in [0.15, 0.2) is 0 Å². The SMILES string of the molecule is Cc1ccc(S(=O)(=O)N[C@H](c2ccccc2)[C@H](NCCOCc2cccc(C)c2)c2ccccc2)cc1.[Cl-].[NH4+].[Ru]. The van der Waals surface area contributed by atoms with E-state index >= 15 is 0 Å². The number of benzene rings is 4. The summed E-state index contributed by atoms with van der Waals surface area (Å²) >= 11 is 0. The van der Waals surface area contributed by atoms with Crippen molar-refractivity contribution in [3.63, 3.8) is 0 Å². The van der Waals surface area contributed by atoms with E-state index in [1.54, 1.807) is 12.1 Å². The topological polar surface area (TPSA) is 104 Å². The molecule has 4 rings (SSSR count). The van der Waals surface area contributed by atoms with Gasteiger partial charge in [-0.25, -0.2) is 13.1 Å². The molecular formula is C31H38ClN3O3RuS.